The number of hydrogen-bond acceptors (Lipinski definition) is 7. The van der Waals surface area contributed by atoms with Gasteiger partial charge in [0.05, 0.1) is 17.8 Å². The van der Waals surface area contributed by atoms with Crippen LogP contribution < -0.4 is 9.46 Å². The van der Waals surface area contributed by atoms with E-state index in [-0.39, 0.29) is 16.4 Å². The number of benzene rings is 2. The smallest absolute Gasteiger partial charge is 0.261 e. The molecule has 0 saturated carbocycles. The monoisotopic (exact) mass is 434 g/mol. The molecule has 3 aromatic rings. The summed E-state index contributed by atoms with van der Waals surface area (Å²) in [5.41, 5.74) is 0.850. The number of aromatic nitrogens is 1. The Morgan fingerprint density at radius 2 is 1.86 bits per heavy atom. The first-order valence-electron chi connectivity index (χ1n) is 8.82. The Balaban J connectivity index is 1.78. The van der Waals surface area contributed by atoms with E-state index in [1.54, 1.807) is 30.3 Å². The number of methoxy groups -OCH3 is 1. The van der Waals surface area contributed by atoms with Gasteiger partial charge in [-0.25, -0.2) is 13.4 Å². The van der Waals surface area contributed by atoms with Gasteiger partial charge in [0.2, 0.25) is 0 Å². The summed E-state index contributed by atoms with van der Waals surface area (Å²) in [7, 11) is -2.25. The number of nitrogens with zero attached hydrogens (tertiary/aromatic N) is 1. The van der Waals surface area contributed by atoms with Crippen molar-refractivity contribution in [2.24, 2.45) is 5.41 Å². The molecule has 0 unspecified atom stereocenters. The topological polar surface area (TPSA) is 98.5 Å². The molecule has 7 nitrogen and oxygen atoms in total. The Kier molecular flexibility index (Phi) is 5.90. The second-order valence-corrected chi connectivity index (χ2v) is 10.0. The van der Waals surface area contributed by atoms with Gasteiger partial charge < -0.3 is 9.15 Å². The van der Waals surface area contributed by atoms with E-state index in [0.29, 0.717) is 27.8 Å². The predicted octanol–water partition coefficient (Wildman–Crippen LogP) is 4.34. The van der Waals surface area contributed by atoms with Crippen LogP contribution in [0.4, 0.5) is 5.69 Å². The second-order valence-electron chi connectivity index (χ2n) is 7.41. The van der Waals surface area contributed by atoms with Crippen LogP contribution in [-0.2, 0) is 14.8 Å². The zero-order valence-electron chi connectivity index (χ0n) is 16.6. The molecule has 3 rings (SSSR count). The van der Waals surface area contributed by atoms with E-state index in [1.165, 1.54) is 31.0 Å². The van der Waals surface area contributed by atoms with E-state index in [1.807, 2.05) is 20.8 Å². The van der Waals surface area contributed by atoms with Crippen LogP contribution in [0.1, 0.15) is 20.8 Å². The van der Waals surface area contributed by atoms with Crippen LogP contribution in [-0.4, -0.2) is 32.0 Å². The fraction of sp³-hybridized carbons (Fsp3) is 0.300. The van der Waals surface area contributed by atoms with E-state index in [9.17, 15) is 13.2 Å². The number of thioether (sulfide) groups is 1. The molecule has 2 aromatic carbocycles. The van der Waals surface area contributed by atoms with E-state index in [0.717, 1.165) is 0 Å². The summed E-state index contributed by atoms with van der Waals surface area (Å²) in [6.07, 6.45) is 0. The average molecular weight is 435 g/mol. The average Bonchev–Trinajstić information content (AvgIpc) is 3.07. The molecule has 0 spiro atoms. The van der Waals surface area contributed by atoms with Crippen molar-refractivity contribution >= 4 is 44.4 Å². The molecule has 29 heavy (non-hydrogen) atoms. The van der Waals surface area contributed by atoms with Crippen molar-refractivity contribution in [3.63, 3.8) is 0 Å². The number of carbonyl (C=O) groups excluding carboxylic acids is 1. The van der Waals surface area contributed by atoms with Crippen molar-refractivity contribution in [2.45, 2.75) is 30.9 Å². The van der Waals surface area contributed by atoms with Crippen LogP contribution in [0.2, 0.25) is 0 Å². The van der Waals surface area contributed by atoms with Gasteiger partial charge in [-0.2, -0.15) is 0 Å². The molecular weight excluding hydrogens is 412 g/mol. The summed E-state index contributed by atoms with van der Waals surface area (Å²) < 4.78 is 38.6. The maximum atomic E-state index is 12.7. The molecule has 0 saturated heterocycles. The van der Waals surface area contributed by atoms with Gasteiger partial charge in [-0.3, -0.25) is 9.52 Å². The molecule has 1 aromatic heterocycles. The van der Waals surface area contributed by atoms with Crippen LogP contribution in [0.25, 0.3) is 11.1 Å². The minimum absolute atomic E-state index is 0.0661. The maximum Gasteiger partial charge on any atom is 0.261 e. The molecule has 0 aliphatic rings. The minimum Gasteiger partial charge on any atom is -0.497 e. The van der Waals surface area contributed by atoms with Crippen LogP contribution in [0.5, 0.6) is 5.75 Å². The summed E-state index contributed by atoms with van der Waals surface area (Å²) in [4.78, 5) is 16.4. The lowest BCUT2D eigenvalue weighted by Crippen LogP contribution is -2.21. The van der Waals surface area contributed by atoms with Crippen molar-refractivity contribution < 1.29 is 22.4 Å². The van der Waals surface area contributed by atoms with Gasteiger partial charge in [0, 0.05) is 11.1 Å². The first-order chi connectivity index (χ1) is 13.6. The van der Waals surface area contributed by atoms with Gasteiger partial charge >= 0.3 is 0 Å². The molecule has 9 heteroatoms. The van der Waals surface area contributed by atoms with Gasteiger partial charge in [0.25, 0.3) is 15.2 Å². The van der Waals surface area contributed by atoms with Crippen molar-refractivity contribution in [3.05, 3.63) is 42.5 Å². The second kappa shape index (κ2) is 8.08. The number of oxazole rings is 1. The van der Waals surface area contributed by atoms with Crippen molar-refractivity contribution in [1.82, 2.24) is 4.98 Å². The highest BCUT2D eigenvalue weighted by molar-refractivity contribution is 7.99. The molecule has 1 heterocycles. The van der Waals surface area contributed by atoms with Crippen LogP contribution in [0.3, 0.4) is 0 Å². The van der Waals surface area contributed by atoms with Gasteiger partial charge in [-0.15, -0.1) is 0 Å². The van der Waals surface area contributed by atoms with Crippen molar-refractivity contribution in [1.29, 1.82) is 0 Å². The van der Waals surface area contributed by atoms with Gasteiger partial charge in [0.15, 0.2) is 5.58 Å². The number of ether oxygens (including phenoxy) is 1. The normalized spacial score (nSPS) is 12.1. The Morgan fingerprint density at radius 1 is 1.17 bits per heavy atom. The third kappa shape index (κ3) is 5.10. The van der Waals surface area contributed by atoms with E-state index in [2.05, 4.69) is 9.71 Å². The SMILES string of the molecule is COc1ccc(NS(=O)(=O)c2ccc3oc(SCC(=O)C(C)(C)C)nc3c2)cc1. The molecule has 0 aliphatic carbocycles. The lowest BCUT2D eigenvalue weighted by atomic mass is 9.92. The number of anilines is 1. The molecule has 0 fully saturated rings. The number of sulfonamides is 1. The van der Waals surface area contributed by atoms with Crippen molar-refractivity contribution in [2.75, 3.05) is 17.6 Å². The zero-order chi connectivity index (χ0) is 21.2. The number of hydrogen-bond donors (Lipinski definition) is 1. The molecular formula is C20H22N2O5S2. The fourth-order valence-electron chi connectivity index (χ4n) is 2.33. The van der Waals surface area contributed by atoms with E-state index in [4.69, 9.17) is 9.15 Å². The number of carbonyl (C=O) groups is 1. The molecule has 154 valence electrons. The summed E-state index contributed by atoms with van der Waals surface area (Å²) in [5.74, 6) is 0.948. The Bertz CT molecular complexity index is 1130. The minimum atomic E-state index is -3.79. The molecule has 0 bridgehead atoms. The fourth-order valence-corrected chi connectivity index (χ4v) is 4.41. The number of fused-ring (bicyclic) bond motifs is 1. The third-order valence-electron chi connectivity index (χ3n) is 4.16. The number of ketones is 1. The number of rotatable bonds is 7. The Hall–Kier alpha value is -2.52. The molecule has 0 radical (unpaired) electrons. The van der Waals surface area contributed by atoms with Crippen molar-refractivity contribution in [3.8, 4) is 5.75 Å². The first kappa shape index (κ1) is 21.2. The summed E-state index contributed by atoms with van der Waals surface area (Å²) >= 11 is 1.20. The highest BCUT2D eigenvalue weighted by Crippen LogP contribution is 2.28. The predicted molar refractivity (Wildman–Crippen MR) is 113 cm³/mol. The highest BCUT2D eigenvalue weighted by atomic mass is 32.2. The van der Waals surface area contributed by atoms with Gasteiger partial charge in [-0.1, -0.05) is 32.5 Å². The van der Waals surface area contributed by atoms with Crippen LogP contribution in [0.15, 0.2) is 57.0 Å². The summed E-state index contributed by atoms with van der Waals surface area (Å²) in [6.45, 7) is 5.57. The molecule has 0 amide bonds. The van der Waals surface area contributed by atoms with Crippen LogP contribution in [0, 0.1) is 5.41 Å². The third-order valence-corrected chi connectivity index (χ3v) is 6.36. The van der Waals surface area contributed by atoms with Gasteiger partial charge in [-0.05, 0) is 42.5 Å². The standard InChI is InChI=1S/C20H22N2O5S2/c1-20(2,3)18(23)12-28-19-21-16-11-15(9-10-17(16)27-19)29(24,25)22-13-5-7-14(26-4)8-6-13/h5-11,22H,12H2,1-4H3. The summed E-state index contributed by atoms with van der Waals surface area (Å²) in [6, 6.07) is 11.0. The highest BCUT2D eigenvalue weighted by Gasteiger charge is 2.22. The largest absolute Gasteiger partial charge is 0.497 e. The van der Waals surface area contributed by atoms with E-state index < -0.39 is 15.4 Å². The van der Waals surface area contributed by atoms with Crippen LogP contribution >= 0.6 is 11.8 Å². The van der Waals surface area contributed by atoms with Gasteiger partial charge in [0.1, 0.15) is 17.0 Å². The summed E-state index contributed by atoms with van der Waals surface area (Å²) in [5, 5.41) is 0.329. The molecule has 1 N–H and O–H groups in total. The molecule has 0 aliphatic heterocycles. The zero-order valence-corrected chi connectivity index (χ0v) is 18.2. The lowest BCUT2D eigenvalue weighted by molar-refractivity contribution is -0.123. The lowest BCUT2D eigenvalue weighted by Gasteiger charge is -2.14. The maximum absolute atomic E-state index is 12.7. The quantitative estimate of drug-likeness (QED) is 0.552. The number of nitrogens with one attached hydrogen (secondary N) is 1. The number of Topliss-reactive ketones (excluding diaryl/α,β-unsaturated/α-hetero) is 1. The Morgan fingerprint density at radius 3 is 2.48 bits per heavy atom. The first-order valence-corrected chi connectivity index (χ1v) is 11.3. The Labute approximate surface area is 173 Å². The van der Waals surface area contributed by atoms with E-state index >= 15 is 0 Å². The molecule has 0 atom stereocenters.